The molecule has 0 aliphatic carbocycles. The molecule has 3 atom stereocenters. The predicted molar refractivity (Wildman–Crippen MR) is 319 cm³/mol. The first kappa shape index (κ1) is 72.8. The maximum absolute atomic E-state index is 13.0. The summed E-state index contributed by atoms with van der Waals surface area (Å²) in [5, 5.41) is 0. The number of carbonyl (C=O) groups is 2. The fourth-order valence-electron chi connectivity index (χ4n) is 10.8. The van der Waals surface area contributed by atoms with E-state index in [4.69, 9.17) is 20.6 Å². The van der Waals surface area contributed by atoms with E-state index < -0.39 is 0 Å². The first-order valence-electron chi connectivity index (χ1n) is 31.5. The summed E-state index contributed by atoms with van der Waals surface area (Å²) in [5.74, 6) is 6.55. The van der Waals surface area contributed by atoms with Crippen LogP contribution in [0, 0.1) is 36.0 Å². The fourth-order valence-corrected chi connectivity index (χ4v) is 10.8. The van der Waals surface area contributed by atoms with Crippen molar-refractivity contribution in [3.63, 3.8) is 0 Å². The molecule has 1 rings (SSSR count). The van der Waals surface area contributed by atoms with Gasteiger partial charge in [-0.15, -0.1) is 12.3 Å². The van der Waals surface area contributed by atoms with Gasteiger partial charge in [-0.05, 0) is 107 Å². The Balaban J connectivity index is 0. The van der Waals surface area contributed by atoms with Crippen molar-refractivity contribution in [1.29, 1.82) is 0 Å². The van der Waals surface area contributed by atoms with Gasteiger partial charge in [0.2, 0.25) is 0 Å². The van der Waals surface area contributed by atoms with E-state index in [-0.39, 0.29) is 19.2 Å². The third kappa shape index (κ3) is 44.5. The van der Waals surface area contributed by atoms with Crippen LogP contribution in [0.3, 0.4) is 0 Å². The van der Waals surface area contributed by atoms with E-state index in [1.165, 1.54) is 141 Å². The highest BCUT2D eigenvalue weighted by atomic mass is 16.5. The second-order valence-electron chi connectivity index (χ2n) is 21.7. The van der Waals surface area contributed by atoms with Crippen molar-refractivity contribution >= 4 is 11.8 Å². The Labute approximate surface area is 456 Å². The van der Waals surface area contributed by atoms with Crippen LogP contribution in [0.5, 0.6) is 0 Å². The van der Waals surface area contributed by atoms with Gasteiger partial charge < -0.3 is 14.2 Å². The molecule has 73 heavy (non-hydrogen) atoms. The first-order valence-corrected chi connectivity index (χ1v) is 31.5. The normalized spacial score (nSPS) is 15.0. The fraction of sp³-hybridized carbons (Fsp3) is 0.866. The van der Waals surface area contributed by atoms with Gasteiger partial charge in [-0.1, -0.05) is 228 Å². The van der Waals surface area contributed by atoms with Crippen molar-refractivity contribution in [1.82, 2.24) is 4.90 Å². The van der Waals surface area contributed by atoms with Crippen molar-refractivity contribution in [2.45, 2.75) is 312 Å². The van der Waals surface area contributed by atoms with Crippen molar-refractivity contribution < 1.29 is 23.8 Å². The second kappa shape index (κ2) is 55.9. The Morgan fingerprint density at radius 1 is 0.575 bits per heavy atom. The molecule has 1 saturated heterocycles. The third-order valence-corrected chi connectivity index (χ3v) is 15.2. The number of unbranched alkanes of at least 4 members (excludes halogenated alkanes) is 16. The number of likely N-dealkylation sites (tertiary alicyclic amines) is 1. The number of ketones is 1. The van der Waals surface area contributed by atoms with Crippen LogP contribution in [-0.4, -0.2) is 62.2 Å². The summed E-state index contributed by atoms with van der Waals surface area (Å²) in [6.45, 7) is 24.3. The van der Waals surface area contributed by atoms with Crippen LogP contribution in [-0.2, 0) is 23.8 Å². The van der Waals surface area contributed by atoms with E-state index in [2.05, 4.69) is 63.8 Å². The Morgan fingerprint density at radius 2 is 1.08 bits per heavy atom. The molecule has 428 valence electrons. The van der Waals surface area contributed by atoms with Gasteiger partial charge in [-0.3, -0.25) is 14.5 Å². The molecule has 1 heterocycles. The molecule has 6 heteroatoms. The largest absolute Gasteiger partial charge is 0.490 e. The SMILES string of the molecule is C.C#CCCC(CCC)CCC(=O)/C=C/[C@H]1C[C@@H](COCCCCCCCC(=O)OCCCC(CCCCC)CCCCC)N(CCCCCCCC(=C=C)OCCCC(CCCCC)CCCCC)C1.CC. The standard InChI is InChI=1S/C64H115NO5.C2H6.CH4/c1-8-15-26-38-58(39-27-16-9-2)42-34-52-69-63(14-7)44-30-22-20-24-32-50-65-55-60(47-49-62(66)48-46-57(36-13-6)37-19-12-5)54-61(65)56-68-51-33-25-21-23-31-45-64(67)70-53-35-43-59(40-28-17-10-3)41-29-18-11-4;1-2;/h5,47,49,57-61H,7-11,13,15-46,48,50-56H2,1-4,6H3;1-2H3;1H4/b49-47+;;/t57?,60-,61-;;/m0../s1. The molecule has 0 radical (unpaired) electrons. The summed E-state index contributed by atoms with van der Waals surface area (Å²) >= 11 is 0. The van der Waals surface area contributed by atoms with E-state index in [0.29, 0.717) is 37.3 Å². The number of rotatable bonds is 52. The van der Waals surface area contributed by atoms with Crippen molar-refractivity contribution in [3.05, 3.63) is 30.2 Å². The Kier molecular flexibility index (Phi) is 55.7. The lowest BCUT2D eigenvalue weighted by molar-refractivity contribution is -0.144. The van der Waals surface area contributed by atoms with E-state index in [1.807, 2.05) is 19.9 Å². The zero-order valence-electron chi connectivity index (χ0n) is 49.1. The molecule has 1 aliphatic heterocycles. The van der Waals surface area contributed by atoms with Crippen LogP contribution in [0.1, 0.15) is 306 Å². The molecule has 0 aromatic heterocycles. The van der Waals surface area contributed by atoms with Gasteiger partial charge in [0.15, 0.2) is 5.78 Å². The van der Waals surface area contributed by atoms with Gasteiger partial charge >= 0.3 is 5.97 Å². The van der Waals surface area contributed by atoms with E-state index in [1.54, 1.807) is 0 Å². The van der Waals surface area contributed by atoms with Crippen LogP contribution < -0.4 is 0 Å². The topological polar surface area (TPSA) is 65.1 Å². The van der Waals surface area contributed by atoms with Gasteiger partial charge in [0.05, 0.1) is 19.8 Å². The average molecular weight is 1020 g/mol. The molecule has 6 nitrogen and oxygen atoms in total. The Bertz CT molecular complexity index is 1310. The third-order valence-electron chi connectivity index (χ3n) is 15.2. The maximum Gasteiger partial charge on any atom is 0.305 e. The number of esters is 1. The van der Waals surface area contributed by atoms with Crippen LogP contribution >= 0.6 is 0 Å². The number of nitrogens with zero attached hydrogens (tertiary/aromatic N) is 1. The molecule has 0 amide bonds. The molecule has 1 aliphatic rings. The quantitative estimate of drug-likeness (QED) is 0.0151. The molecule has 1 fully saturated rings. The predicted octanol–water partition coefficient (Wildman–Crippen LogP) is 20.1. The van der Waals surface area contributed by atoms with E-state index in [9.17, 15) is 9.59 Å². The smallest absolute Gasteiger partial charge is 0.305 e. The van der Waals surface area contributed by atoms with Gasteiger partial charge in [0.1, 0.15) is 5.76 Å². The maximum atomic E-state index is 13.0. The molecule has 0 bridgehead atoms. The lowest BCUT2D eigenvalue weighted by Gasteiger charge is -2.24. The van der Waals surface area contributed by atoms with E-state index in [0.717, 1.165) is 147 Å². The van der Waals surface area contributed by atoms with Gasteiger partial charge in [0.25, 0.3) is 0 Å². The highest BCUT2D eigenvalue weighted by molar-refractivity contribution is 5.89. The summed E-state index contributed by atoms with van der Waals surface area (Å²) in [6.07, 6.45) is 55.1. The monoisotopic (exact) mass is 1020 g/mol. The number of carbonyl (C=O) groups excluding carboxylic acids is 2. The van der Waals surface area contributed by atoms with Gasteiger partial charge in [-0.2, -0.15) is 0 Å². The molecule has 0 N–H and O–H groups in total. The molecule has 0 aromatic carbocycles. The molecule has 0 aromatic rings. The van der Waals surface area contributed by atoms with Gasteiger partial charge in [0, 0.05) is 44.9 Å². The number of allylic oxidation sites excluding steroid dienone is 2. The van der Waals surface area contributed by atoms with Crippen LogP contribution in [0.4, 0.5) is 0 Å². The second-order valence-corrected chi connectivity index (χ2v) is 21.7. The summed E-state index contributed by atoms with van der Waals surface area (Å²) < 4.78 is 18.2. The minimum Gasteiger partial charge on any atom is -0.490 e. The van der Waals surface area contributed by atoms with E-state index >= 15 is 0 Å². The Hall–Kier alpha value is -2.32. The number of hydrogen-bond donors (Lipinski definition) is 0. The van der Waals surface area contributed by atoms with Gasteiger partial charge in [-0.25, -0.2) is 0 Å². The summed E-state index contributed by atoms with van der Waals surface area (Å²) in [6, 6.07) is 0.391. The summed E-state index contributed by atoms with van der Waals surface area (Å²) in [5.41, 5.74) is 3.10. The molecule has 0 saturated carbocycles. The van der Waals surface area contributed by atoms with Crippen LogP contribution in [0.2, 0.25) is 0 Å². The minimum absolute atomic E-state index is 0. The van der Waals surface area contributed by atoms with Crippen LogP contribution in [0.25, 0.3) is 0 Å². The van der Waals surface area contributed by atoms with Crippen molar-refractivity contribution in [2.75, 3.05) is 39.5 Å². The molecule has 0 spiro atoms. The lowest BCUT2D eigenvalue weighted by atomic mass is 9.91. The summed E-state index contributed by atoms with van der Waals surface area (Å²) in [4.78, 5) is 28.0. The average Bonchev–Trinajstić information content (AvgIpc) is 3.78. The number of hydrogen-bond acceptors (Lipinski definition) is 6. The minimum atomic E-state index is -0.0211. The highest BCUT2D eigenvalue weighted by Gasteiger charge is 2.30. The molecular weight excluding hydrogens is 899 g/mol. The lowest BCUT2D eigenvalue weighted by Crippen LogP contribution is -2.34. The zero-order chi connectivity index (χ0) is 53.0. The Morgan fingerprint density at radius 3 is 1.63 bits per heavy atom. The van der Waals surface area contributed by atoms with Crippen molar-refractivity contribution in [3.8, 4) is 12.3 Å². The highest BCUT2D eigenvalue weighted by Crippen LogP contribution is 2.28. The number of ether oxygens (including phenoxy) is 3. The zero-order valence-corrected chi connectivity index (χ0v) is 49.1. The molecular formula is C67H125NO5. The first-order chi connectivity index (χ1) is 35.3. The van der Waals surface area contributed by atoms with Crippen LogP contribution in [0.15, 0.2) is 30.2 Å². The number of terminal acetylenes is 1. The molecule has 1 unspecified atom stereocenters. The summed E-state index contributed by atoms with van der Waals surface area (Å²) in [7, 11) is 0. The van der Waals surface area contributed by atoms with Crippen molar-refractivity contribution in [2.24, 2.45) is 23.7 Å².